The first-order valence-corrected chi connectivity index (χ1v) is 9.54. The molecular formula is C21H25N3O2. The Hall–Kier alpha value is -2.56. The molecule has 1 aromatic carbocycles. The summed E-state index contributed by atoms with van der Waals surface area (Å²) in [6, 6.07) is 11.6. The van der Waals surface area contributed by atoms with Crippen molar-refractivity contribution in [2.45, 2.75) is 38.1 Å². The highest BCUT2D eigenvalue weighted by Gasteiger charge is 2.32. The van der Waals surface area contributed by atoms with Crippen molar-refractivity contribution in [1.29, 1.82) is 0 Å². The van der Waals surface area contributed by atoms with Crippen molar-refractivity contribution < 1.29 is 9.59 Å². The fourth-order valence-electron chi connectivity index (χ4n) is 4.07. The van der Waals surface area contributed by atoms with Gasteiger partial charge in [-0.25, -0.2) is 0 Å². The van der Waals surface area contributed by atoms with Crippen LogP contribution in [-0.2, 0) is 4.79 Å². The van der Waals surface area contributed by atoms with E-state index in [0.29, 0.717) is 12.1 Å². The third-order valence-corrected chi connectivity index (χ3v) is 5.57. The van der Waals surface area contributed by atoms with E-state index in [1.165, 1.54) is 12.8 Å². The molecular weight excluding hydrogens is 326 g/mol. The second kappa shape index (κ2) is 7.36. The topological polar surface area (TPSA) is 54.3 Å². The molecule has 0 bridgehead atoms. The first kappa shape index (κ1) is 16.9. The monoisotopic (exact) mass is 351 g/mol. The minimum atomic E-state index is -0.0655. The number of nitrogens with one attached hydrogen (secondary N) is 1. The van der Waals surface area contributed by atoms with Crippen molar-refractivity contribution in [3.8, 4) is 5.69 Å². The molecule has 136 valence electrons. The summed E-state index contributed by atoms with van der Waals surface area (Å²) in [5.74, 6) is 0.435. The summed E-state index contributed by atoms with van der Waals surface area (Å²) in [4.78, 5) is 27.0. The van der Waals surface area contributed by atoms with Gasteiger partial charge in [-0.05, 0) is 55.7 Å². The number of carbonyl (C=O) groups excluding carboxylic acids is 2. The number of amides is 2. The molecule has 1 saturated carbocycles. The molecule has 1 atom stereocenters. The van der Waals surface area contributed by atoms with Gasteiger partial charge in [0.15, 0.2) is 0 Å². The molecule has 26 heavy (non-hydrogen) atoms. The second-order valence-electron chi connectivity index (χ2n) is 7.36. The summed E-state index contributed by atoms with van der Waals surface area (Å²) in [5.41, 5.74) is 1.68. The van der Waals surface area contributed by atoms with Gasteiger partial charge in [0.1, 0.15) is 0 Å². The van der Waals surface area contributed by atoms with E-state index in [0.717, 1.165) is 31.5 Å². The maximum Gasteiger partial charge on any atom is 0.251 e. The molecule has 5 nitrogen and oxygen atoms in total. The molecule has 5 heteroatoms. The Morgan fingerprint density at radius 1 is 0.962 bits per heavy atom. The molecule has 4 rings (SSSR count). The average molecular weight is 351 g/mol. The zero-order valence-electron chi connectivity index (χ0n) is 14.9. The van der Waals surface area contributed by atoms with Gasteiger partial charge in [0, 0.05) is 48.7 Å². The summed E-state index contributed by atoms with van der Waals surface area (Å²) in [5, 5.41) is 3.09. The Bertz CT molecular complexity index is 761. The number of likely N-dealkylation sites (tertiary alicyclic amines) is 1. The Morgan fingerprint density at radius 3 is 2.35 bits per heavy atom. The number of rotatable bonds is 4. The lowest BCUT2D eigenvalue weighted by molar-refractivity contribution is -0.134. The van der Waals surface area contributed by atoms with Crippen LogP contribution < -0.4 is 5.32 Å². The fourth-order valence-corrected chi connectivity index (χ4v) is 4.07. The van der Waals surface area contributed by atoms with E-state index in [9.17, 15) is 9.59 Å². The van der Waals surface area contributed by atoms with Crippen LogP contribution >= 0.6 is 0 Å². The molecule has 1 saturated heterocycles. The lowest BCUT2D eigenvalue weighted by Crippen LogP contribution is -2.39. The third-order valence-electron chi connectivity index (χ3n) is 5.57. The van der Waals surface area contributed by atoms with E-state index in [1.807, 2.05) is 58.3 Å². The molecule has 1 N–H and O–H groups in total. The first-order chi connectivity index (χ1) is 12.7. The van der Waals surface area contributed by atoms with Crippen LogP contribution in [0.3, 0.4) is 0 Å². The molecule has 0 radical (unpaired) electrons. The molecule has 2 heterocycles. The van der Waals surface area contributed by atoms with Crippen molar-refractivity contribution in [1.82, 2.24) is 14.8 Å². The molecule has 0 spiro atoms. The molecule has 2 aromatic rings. The molecule has 2 aliphatic rings. The first-order valence-electron chi connectivity index (χ1n) is 9.54. The van der Waals surface area contributed by atoms with Crippen LogP contribution in [0, 0.1) is 5.92 Å². The van der Waals surface area contributed by atoms with Crippen LogP contribution in [0.4, 0.5) is 0 Å². The highest BCUT2D eigenvalue weighted by atomic mass is 16.2. The average Bonchev–Trinajstić information content (AvgIpc) is 3.43. The van der Waals surface area contributed by atoms with E-state index in [1.54, 1.807) is 0 Å². The summed E-state index contributed by atoms with van der Waals surface area (Å²) >= 11 is 0. The van der Waals surface area contributed by atoms with E-state index in [-0.39, 0.29) is 23.8 Å². The van der Waals surface area contributed by atoms with Crippen LogP contribution in [0.25, 0.3) is 5.69 Å². The maximum atomic E-state index is 12.5. The van der Waals surface area contributed by atoms with Gasteiger partial charge in [0.05, 0.1) is 0 Å². The summed E-state index contributed by atoms with van der Waals surface area (Å²) < 4.78 is 2.01. The van der Waals surface area contributed by atoms with Crippen molar-refractivity contribution in [3.63, 3.8) is 0 Å². The van der Waals surface area contributed by atoms with Crippen LogP contribution in [0.2, 0.25) is 0 Å². The molecule has 1 aliphatic carbocycles. The maximum absolute atomic E-state index is 12.5. The number of aromatic nitrogens is 1. The van der Waals surface area contributed by atoms with Gasteiger partial charge < -0.3 is 14.8 Å². The predicted molar refractivity (Wildman–Crippen MR) is 100 cm³/mol. The number of carbonyl (C=O) groups is 2. The normalized spacial score (nSPS) is 20.5. The van der Waals surface area contributed by atoms with Crippen LogP contribution in [0.15, 0.2) is 48.8 Å². The summed E-state index contributed by atoms with van der Waals surface area (Å²) in [6.07, 6.45) is 9.19. The Morgan fingerprint density at radius 2 is 1.65 bits per heavy atom. The number of hydrogen-bond acceptors (Lipinski definition) is 2. The van der Waals surface area contributed by atoms with Gasteiger partial charge in [-0.3, -0.25) is 9.59 Å². The van der Waals surface area contributed by atoms with Crippen LogP contribution in [-0.4, -0.2) is 40.4 Å². The Balaban J connectivity index is 1.33. The van der Waals surface area contributed by atoms with Gasteiger partial charge in [0.25, 0.3) is 5.91 Å². The highest BCUT2D eigenvalue weighted by molar-refractivity contribution is 5.94. The SMILES string of the molecule is O=C(NC1CCN(C(=O)C2CCCC2)C1)c1ccc(-n2cccc2)cc1. The quantitative estimate of drug-likeness (QED) is 0.921. The fraction of sp³-hybridized carbons (Fsp3) is 0.429. The summed E-state index contributed by atoms with van der Waals surface area (Å²) in [6.45, 7) is 1.40. The largest absolute Gasteiger partial charge is 0.347 e. The van der Waals surface area contributed by atoms with Gasteiger partial charge in [0.2, 0.25) is 5.91 Å². The standard InChI is InChI=1S/C21H25N3O2/c25-20(16-7-9-19(10-8-16)23-12-3-4-13-23)22-18-11-14-24(15-18)21(26)17-5-1-2-6-17/h3-4,7-10,12-13,17-18H,1-2,5-6,11,14-15H2,(H,22,25). The number of nitrogens with zero attached hydrogens (tertiary/aromatic N) is 2. The predicted octanol–water partition coefficient (Wildman–Crippen LogP) is 3.00. The van der Waals surface area contributed by atoms with E-state index in [2.05, 4.69) is 5.32 Å². The smallest absolute Gasteiger partial charge is 0.251 e. The van der Waals surface area contributed by atoms with E-state index >= 15 is 0 Å². The molecule has 1 unspecified atom stereocenters. The van der Waals surface area contributed by atoms with Gasteiger partial charge in [-0.2, -0.15) is 0 Å². The van der Waals surface area contributed by atoms with Crippen molar-refractivity contribution in [2.24, 2.45) is 5.92 Å². The number of benzene rings is 1. The van der Waals surface area contributed by atoms with Crippen molar-refractivity contribution in [2.75, 3.05) is 13.1 Å². The zero-order chi connectivity index (χ0) is 17.9. The Kier molecular flexibility index (Phi) is 4.78. The number of hydrogen-bond donors (Lipinski definition) is 1. The highest BCUT2D eigenvalue weighted by Crippen LogP contribution is 2.27. The second-order valence-corrected chi connectivity index (χ2v) is 7.36. The van der Waals surface area contributed by atoms with Gasteiger partial charge in [-0.15, -0.1) is 0 Å². The summed E-state index contributed by atoms with van der Waals surface area (Å²) in [7, 11) is 0. The van der Waals surface area contributed by atoms with E-state index < -0.39 is 0 Å². The lowest BCUT2D eigenvalue weighted by Gasteiger charge is -2.20. The third kappa shape index (κ3) is 3.52. The zero-order valence-corrected chi connectivity index (χ0v) is 14.9. The minimum Gasteiger partial charge on any atom is -0.347 e. The van der Waals surface area contributed by atoms with Crippen molar-refractivity contribution >= 4 is 11.8 Å². The van der Waals surface area contributed by atoms with Gasteiger partial charge >= 0.3 is 0 Å². The molecule has 2 fully saturated rings. The van der Waals surface area contributed by atoms with Crippen LogP contribution in [0.5, 0.6) is 0 Å². The minimum absolute atomic E-state index is 0.0528. The molecule has 2 amide bonds. The lowest BCUT2D eigenvalue weighted by atomic mass is 10.1. The molecule has 1 aromatic heterocycles. The Labute approximate surface area is 154 Å². The van der Waals surface area contributed by atoms with Crippen LogP contribution in [0.1, 0.15) is 42.5 Å². The molecule has 1 aliphatic heterocycles. The van der Waals surface area contributed by atoms with E-state index in [4.69, 9.17) is 0 Å². The van der Waals surface area contributed by atoms with Crippen molar-refractivity contribution in [3.05, 3.63) is 54.4 Å². The van der Waals surface area contributed by atoms with Gasteiger partial charge in [-0.1, -0.05) is 12.8 Å².